The zero-order valence-electron chi connectivity index (χ0n) is 9.26. The van der Waals surface area contributed by atoms with E-state index in [1.807, 2.05) is 0 Å². The minimum Gasteiger partial charge on any atom is -0.480 e. The van der Waals surface area contributed by atoms with Crippen LogP contribution in [0.5, 0.6) is 0 Å². The van der Waals surface area contributed by atoms with Crippen LogP contribution < -0.4 is 17.2 Å². The molecule has 1 atom stereocenters. The van der Waals surface area contributed by atoms with Gasteiger partial charge in [-0.05, 0) is 13.0 Å². The predicted octanol–water partition coefficient (Wildman–Crippen LogP) is -2.08. The molecule has 0 spiro atoms. The van der Waals surface area contributed by atoms with Crippen molar-refractivity contribution in [3.05, 3.63) is 0 Å². The first-order chi connectivity index (χ1) is 7.52. The Bertz CT molecular complexity index is 235. The van der Waals surface area contributed by atoms with Gasteiger partial charge in [0.25, 0.3) is 0 Å². The van der Waals surface area contributed by atoms with Crippen LogP contribution >= 0.6 is 0 Å². The Morgan fingerprint density at radius 2 is 1.81 bits per heavy atom. The molecule has 16 heavy (non-hydrogen) atoms. The van der Waals surface area contributed by atoms with Crippen molar-refractivity contribution in [1.82, 2.24) is 4.90 Å². The highest BCUT2D eigenvalue weighted by molar-refractivity contribution is 5.84. The summed E-state index contributed by atoms with van der Waals surface area (Å²) in [5.74, 6) is -1.48. The SMILES string of the molecule is NCCCN(CCN)C(=O)C[C@H](N)C(=O)O. The molecule has 0 heterocycles. The van der Waals surface area contributed by atoms with Crippen LogP contribution in [0.2, 0.25) is 0 Å². The fourth-order valence-corrected chi connectivity index (χ4v) is 1.20. The maximum atomic E-state index is 11.6. The van der Waals surface area contributed by atoms with E-state index in [0.717, 1.165) is 0 Å². The van der Waals surface area contributed by atoms with Crippen molar-refractivity contribution in [3.8, 4) is 0 Å². The lowest BCUT2D eigenvalue weighted by molar-refractivity contribution is -0.142. The highest BCUT2D eigenvalue weighted by Crippen LogP contribution is 1.98. The monoisotopic (exact) mass is 232 g/mol. The minimum absolute atomic E-state index is 0.208. The van der Waals surface area contributed by atoms with Crippen LogP contribution in [-0.4, -0.2) is 54.1 Å². The maximum absolute atomic E-state index is 11.6. The van der Waals surface area contributed by atoms with Gasteiger partial charge in [0.15, 0.2) is 0 Å². The van der Waals surface area contributed by atoms with E-state index in [1.54, 1.807) is 0 Å². The molecule has 0 aromatic carbocycles. The molecule has 0 aliphatic carbocycles. The summed E-state index contributed by atoms with van der Waals surface area (Å²) in [5.41, 5.74) is 16.0. The molecule has 7 heteroatoms. The molecule has 0 unspecified atom stereocenters. The van der Waals surface area contributed by atoms with E-state index in [9.17, 15) is 9.59 Å². The molecule has 0 aliphatic rings. The number of rotatable bonds is 8. The summed E-state index contributed by atoms with van der Waals surface area (Å²) in [7, 11) is 0. The second-order valence-corrected chi connectivity index (χ2v) is 3.46. The summed E-state index contributed by atoms with van der Waals surface area (Å²) in [5, 5.41) is 8.58. The van der Waals surface area contributed by atoms with Gasteiger partial charge in [-0.25, -0.2) is 0 Å². The summed E-state index contributed by atoms with van der Waals surface area (Å²) in [6.07, 6.45) is 0.452. The van der Waals surface area contributed by atoms with Crippen LogP contribution in [0, 0.1) is 0 Å². The molecule has 0 aliphatic heterocycles. The summed E-state index contributed by atoms with van der Waals surface area (Å²) < 4.78 is 0. The lowest BCUT2D eigenvalue weighted by Crippen LogP contribution is -2.42. The molecule has 0 aromatic rings. The average Bonchev–Trinajstić information content (AvgIpc) is 2.23. The van der Waals surface area contributed by atoms with Crippen molar-refractivity contribution in [2.45, 2.75) is 18.9 Å². The highest BCUT2D eigenvalue weighted by Gasteiger charge is 2.20. The Morgan fingerprint density at radius 1 is 1.19 bits per heavy atom. The Morgan fingerprint density at radius 3 is 2.25 bits per heavy atom. The zero-order valence-corrected chi connectivity index (χ0v) is 9.26. The predicted molar refractivity (Wildman–Crippen MR) is 59.5 cm³/mol. The molecule has 7 N–H and O–H groups in total. The van der Waals surface area contributed by atoms with Gasteiger partial charge >= 0.3 is 5.97 Å². The fraction of sp³-hybridized carbons (Fsp3) is 0.778. The molecule has 0 aromatic heterocycles. The fourth-order valence-electron chi connectivity index (χ4n) is 1.20. The molecule has 1 amide bonds. The molecule has 94 valence electrons. The van der Waals surface area contributed by atoms with Crippen LogP contribution in [0.1, 0.15) is 12.8 Å². The molecule has 0 saturated heterocycles. The summed E-state index contributed by atoms with van der Waals surface area (Å²) in [6, 6.07) is -1.16. The van der Waals surface area contributed by atoms with Crippen molar-refractivity contribution < 1.29 is 14.7 Å². The van der Waals surface area contributed by atoms with Crippen LogP contribution in [0.15, 0.2) is 0 Å². The van der Waals surface area contributed by atoms with Gasteiger partial charge in [-0.1, -0.05) is 0 Å². The van der Waals surface area contributed by atoms with Gasteiger partial charge in [-0.15, -0.1) is 0 Å². The molecule has 7 nitrogen and oxygen atoms in total. The number of hydrogen-bond acceptors (Lipinski definition) is 5. The third kappa shape index (κ3) is 5.64. The Labute approximate surface area is 94.6 Å². The number of carboxylic acid groups (broad SMARTS) is 1. The van der Waals surface area contributed by atoms with E-state index in [1.165, 1.54) is 4.90 Å². The van der Waals surface area contributed by atoms with Gasteiger partial charge in [-0.3, -0.25) is 9.59 Å². The van der Waals surface area contributed by atoms with Crippen molar-refractivity contribution in [1.29, 1.82) is 0 Å². The third-order valence-electron chi connectivity index (χ3n) is 2.10. The normalized spacial score (nSPS) is 12.2. The number of nitrogens with two attached hydrogens (primary N) is 3. The Kier molecular flexibility index (Phi) is 7.44. The first-order valence-corrected chi connectivity index (χ1v) is 5.19. The van der Waals surface area contributed by atoms with E-state index in [0.29, 0.717) is 32.6 Å². The number of aliphatic carboxylic acids is 1. The maximum Gasteiger partial charge on any atom is 0.321 e. The van der Waals surface area contributed by atoms with E-state index >= 15 is 0 Å². The number of nitrogens with zero attached hydrogens (tertiary/aromatic N) is 1. The molecule has 0 fully saturated rings. The molecular formula is C9H20N4O3. The molecular weight excluding hydrogens is 212 g/mol. The van der Waals surface area contributed by atoms with Gasteiger partial charge in [0, 0.05) is 19.6 Å². The number of carbonyl (C=O) groups excluding carboxylic acids is 1. The van der Waals surface area contributed by atoms with E-state index in [4.69, 9.17) is 22.3 Å². The van der Waals surface area contributed by atoms with E-state index in [-0.39, 0.29) is 12.3 Å². The van der Waals surface area contributed by atoms with Crippen molar-refractivity contribution in [2.24, 2.45) is 17.2 Å². The topological polar surface area (TPSA) is 136 Å². The average molecular weight is 232 g/mol. The number of carbonyl (C=O) groups is 2. The molecule has 0 radical (unpaired) electrons. The lowest BCUT2D eigenvalue weighted by atomic mass is 10.2. The van der Waals surface area contributed by atoms with E-state index in [2.05, 4.69) is 0 Å². The van der Waals surface area contributed by atoms with E-state index < -0.39 is 12.0 Å². The standard InChI is InChI=1S/C9H20N4O3/c10-2-1-4-13(5-3-11)8(14)6-7(12)9(15)16/h7H,1-6,10-12H2,(H,15,16)/t7-/m0/s1. The Hall–Kier alpha value is -1.18. The largest absolute Gasteiger partial charge is 0.480 e. The summed E-state index contributed by atoms with van der Waals surface area (Å²) >= 11 is 0. The van der Waals surface area contributed by atoms with Crippen molar-refractivity contribution >= 4 is 11.9 Å². The summed E-state index contributed by atoms with van der Waals surface area (Å²) in [6.45, 7) is 1.68. The quantitative estimate of drug-likeness (QED) is 0.379. The second kappa shape index (κ2) is 8.03. The first kappa shape index (κ1) is 14.8. The molecule has 0 bridgehead atoms. The number of hydrogen-bond donors (Lipinski definition) is 4. The second-order valence-electron chi connectivity index (χ2n) is 3.46. The Balaban J connectivity index is 4.20. The van der Waals surface area contributed by atoms with Gasteiger partial charge in [0.2, 0.25) is 5.91 Å². The lowest BCUT2D eigenvalue weighted by Gasteiger charge is -2.22. The van der Waals surface area contributed by atoms with Crippen LogP contribution in [0.25, 0.3) is 0 Å². The molecule has 0 rings (SSSR count). The first-order valence-electron chi connectivity index (χ1n) is 5.19. The number of carboxylic acids is 1. The minimum atomic E-state index is -1.18. The molecule has 0 saturated carbocycles. The van der Waals surface area contributed by atoms with Gasteiger partial charge in [0.05, 0.1) is 6.42 Å². The van der Waals surface area contributed by atoms with Gasteiger partial charge in [-0.2, -0.15) is 0 Å². The van der Waals surface area contributed by atoms with Crippen molar-refractivity contribution in [2.75, 3.05) is 26.2 Å². The van der Waals surface area contributed by atoms with Crippen LogP contribution in [0.3, 0.4) is 0 Å². The smallest absolute Gasteiger partial charge is 0.321 e. The number of amides is 1. The zero-order chi connectivity index (χ0) is 12.6. The van der Waals surface area contributed by atoms with Crippen LogP contribution in [0.4, 0.5) is 0 Å². The van der Waals surface area contributed by atoms with Gasteiger partial charge < -0.3 is 27.2 Å². The van der Waals surface area contributed by atoms with Crippen molar-refractivity contribution in [3.63, 3.8) is 0 Å². The summed E-state index contributed by atoms with van der Waals surface area (Å²) in [4.78, 5) is 23.6. The van der Waals surface area contributed by atoms with Gasteiger partial charge in [0.1, 0.15) is 6.04 Å². The highest BCUT2D eigenvalue weighted by atomic mass is 16.4. The van der Waals surface area contributed by atoms with Crippen LogP contribution in [-0.2, 0) is 9.59 Å². The third-order valence-corrected chi connectivity index (χ3v) is 2.10.